The molecule has 0 spiro atoms. The van der Waals surface area contributed by atoms with Crippen molar-refractivity contribution in [2.24, 2.45) is 0 Å². The second-order valence-corrected chi connectivity index (χ2v) is 8.33. The van der Waals surface area contributed by atoms with Gasteiger partial charge in [0, 0.05) is 37.1 Å². The largest absolute Gasteiger partial charge is 0.488 e. The molecule has 0 radical (unpaired) electrons. The number of hydrogen-bond donors (Lipinski definition) is 0. The second-order valence-electron chi connectivity index (χ2n) is 7.48. The van der Waals surface area contributed by atoms with Gasteiger partial charge in [0.1, 0.15) is 11.9 Å². The highest BCUT2D eigenvalue weighted by Crippen LogP contribution is 2.29. The minimum absolute atomic E-state index is 0.220. The Morgan fingerprint density at radius 1 is 1.12 bits per heavy atom. The molecule has 0 saturated carbocycles. The Morgan fingerprint density at radius 3 is 2.73 bits per heavy atom. The van der Waals surface area contributed by atoms with Gasteiger partial charge in [-0.3, -0.25) is 4.90 Å². The van der Waals surface area contributed by atoms with E-state index >= 15 is 0 Å². The lowest BCUT2D eigenvalue weighted by atomic mass is 10.1. The molecule has 0 aliphatic carbocycles. The van der Waals surface area contributed by atoms with E-state index in [1.807, 2.05) is 0 Å². The van der Waals surface area contributed by atoms with Crippen LogP contribution in [-0.2, 0) is 17.7 Å². The standard InChI is InChI=1S/C22H26BrNO2/c1-16-8-9-18(21(23)11-16)13-24(14-19-6-4-10-25-19)15-20-12-17-5-2-3-7-22(17)26-20/h2-3,5,7-9,11,19-20H,4,6,10,12-15H2,1H3. The first-order valence-electron chi connectivity index (χ1n) is 9.51. The van der Waals surface area contributed by atoms with Gasteiger partial charge >= 0.3 is 0 Å². The zero-order valence-electron chi connectivity index (χ0n) is 15.3. The number of hydrogen-bond acceptors (Lipinski definition) is 3. The van der Waals surface area contributed by atoms with E-state index in [1.54, 1.807) is 0 Å². The van der Waals surface area contributed by atoms with Crippen LogP contribution in [0, 0.1) is 6.92 Å². The van der Waals surface area contributed by atoms with Gasteiger partial charge in [0.2, 0.25) is 0 Å². The first kappa shape index (κ1) is 18.0. The summed E-state index contributed by atoms with van der Waals surface area (Å²) in [7, 11) is 0. The number of halogens is 1. The average molecular weight is 416 g/mol. The molecule has 2 heterocycles. The molecule has 0 aromatic heterocycles. The fraction of sp³-hybridized carbons (Fsp3) is 0.455. The lowest BCUT2D eigenvalue weighted by Crippen LogP contribution is -2.39. The number of aryl methyl sites for hydroxylation is 1. The second kappa shape index (κ2) is 8.12. The van der Waals surface area contributed by atoms with Gasteiger partial charge in [-0.25, -0.2) is 0 Å². The van der Waals surface area contributed by atoms with Gasteiger partial charge in [0.15, 0.2) is 0 Å². The number of para-hydroxylation sites is 1. The first-order valence-corrected chi connectivity index (χ1v) is 10.3. The number of rotatable bonds is 6. The smallest absolute Gasteiger partial charge is 0.123 e. The molecule has 2 aliphatic rings. The molecule has 0 N–H and O–H groups in total. The van der Waals surface area contributed by atoms with Crippen LogP contribution in [0.2, 0.25) is 0 Å². The molecule has 1 fully saturated rings. The van der Waals surface area contributed by atoms with Crippen molar-refractivity contribution < 1.29 is 9.47 Å². The maximum Gasteiger partial charge on any atom is 0.123 e. The van der Waals surface area contributed by atoms with Crippen molar-refractivity contribution in [1.82, 2.24) is 4.90 Å². The normalized spacial score (nSPS) is 21.8. The third kappa shape index (κ3) is 4.30. The van der Waals surface area contributed by atoms with Gasteiger partial charge in [-0.15, -0.1) is 0 Å². The summed E-state index contributed by atoms with van der Waals surface area (Å²) < 4.78 is 13.3. The van der Waals surface area contributed by atoms with Gasteiger partial charge in [-0.1, -0.05) is 46.3 Å². The van der Waals surface area contributed by atoms with Crippen LogP contribution >= 0.6 is 15.9 Å². The van der Waals surface area contributed by atoms with E-state index < -0.39 is 0 Å². The van der Waals surface area contributed by atoms with E-state index in [-0.39, 0.29) is 6.10 Å². The van der Waals surface area contributed by atoms with Gasteiger partial charge in [0.05, 0.1) is 6.10 Å². The molecule has 2 aromatic rings. The molecule has 3 nitrogen and oxygen atoms in total. The SMILES string of the molecule is Cc1ccc(CN(CC2CCCO2)CC2Cc3ccccc3O2)c(Br)c1. The quantitative estimate of drug-likeness (QED) is 0.679. The zero-order valence-corrected chi connectivity index (χ0v) is 16.9. The predicted octanol–water partition coefficient (Wildman–Crippen LogP) is 4.74. The van der Waals surface area contributed by atoms with E-state index in [9.17, 15) is 0 Å². The summed E-state index contributed by atoms with van der Waals surface area (Å²) in [5.74, 6) is 1.05. The van der Waals surface area contributed by atoms with Crippen LogP contribution in [0.5, 0.6) is 5.75 Å². The summed E-state index contributed by atoms with van der Waals surface area (Å²) in [5, 5.41) is 0. The fourth-order valence-electron chi connectivity index (χ4n) is 3.95. The van der Waals surface area contributed by atoms with Gasteiger partial charge in [0.25, 0.3) is 0 Å². The van der Waals surface area contributed by atoms with Crippen LogP contribution in [-0.4, -0.2) is 36.8 Å². The summed E-state index contributed by atoms with van der Waals surface area (Å²) in [4.78, 5) is 2.50. The molecule has 2 aromatic carbocycles. The fourth-order valence-corrected chi connectivity index (χ4v) is 4.56. The molecule has 1 saturated heterocycles. The van der Waals surface area contributed by atoms with Crippen LogP contribution in [0.15, 0.2) is 46.9 Å². The minimum atomic E-state index is 0.220. The number of ether oxygens (including phenoxy) is 2. The van der Waals surface area contributed by atoms with E-state index in [0.717, 1.165) is 44.8 Å². The van der Waals surface area contributed by atoms with Crippen molar-refractivity contribution in [1.29, 1.82) is 0 Å². The summed E-state index contributed by atoms with van der Waals surface area (Å²) in [6, 6.07) is 15.0. The van der Waals surface area contributed by atoms with Crippen molar-refractivity contribution in [3.05, 3.63) is 63.6 Å². The molecular weight excluding hydrogens is 390 g/mol. The van der Waals surface area contributed by atoms with Crippen molar-refractivity contribution in [3.63, 3.8) is 0 Å². The minimum Gasteiger partial charge on any atom is -0.488 e. The molecule has 26 heavy (non-hydrogen) atoms. The van der Waals surface area contributed by atoms with Gasteiger partial charge in [-0.2, -0.15) is 0 Å². The molecule has 4 heteroatoms. The third-order valence-electron chi connectivity index (χ3n) is 5.26. The predicted molar refractivity (Wildman–Crippen MR) is 108 cm³/mol. The Hall–Kier alpha value is -1.36. The number of benzene rings is 2. The maximum atomic E-state index is 6.19. The van der Waals surface area contributed by atoms with E-state index in [2.05, 4.69) is 70.2 Å². The van der Waals surface area contributed by atoms with Crippen LogP contribution in [0.1, 0.15) is 29.5 Å². The summed E-state index contributed by atoms with van der Waals surface area (Å²) in [6.07, 6.45) is 3.91. The molecule has 2 unspecified atom stereocenters. The Morgan fingerprint density at radius 2 is 1.96 bits per heavy atom. The lowest BCUT2D eigenvalue weighted by Gasteiger charge is -2.28. The van der Waals surface area contributed by atoms with E-state index in [1.165, 1.54) is 27.6 Å². The average Bonchev–Trinajstić information content (AvgIpc) is 3.26. The first-order chi connectivity index (χ1) is 12.7. The highest BCUT2D eigenvalue weighted by Gasteiger charge is 2.27. The Kier molecular flexibility index (Phi) is 5.63. The highest BCUT2D eigenvalue weighted by atomic mass is 79.9. The van der Waals surface area contributed by atoms with Gasteiger partial charge in [-0.05, 0) is 48.6 Å². The summed E-state index contributed by atoms with van der Waals surface area (Å²) >= 11 is 3.74. The monoisotopic (exact) mass is 415 g/mol. The molecule has 0 amide bonds. The van der Waals surface area contributed by atoms with E-state index in [4.69, 9.17) is 9.47 Å². The Bertz CT molecular complexity index is 733. The van der Waals surface area contributed by atoms with Crippen LogP contribution in [0.4, 0.5) is 0 Å². The highest BCUT2D eigenvalue weighted by molar-refractivity contribution is 9.10. The Balaban J connectivity index is 1.46. The molecule has 2 atom stereocenters. The third-order valence-corrected chi connectivity index (χ3v) is 6.00. The zero-order chi connectivity index (χ0) is 17.9. The Labute approximate surface area is 164 Å². The topological polar surface area (TPSA) is 21.7 Å². The summed E-state index contributed by atoms with van der Waals surface area (Å²) in [6.45, 7) is 5.84. The lowest BCUT2D eigenvalue weighted by molar-refractivity contribution is 0.0553. The summed E-state index contributed by atoms with van der Waals surface area (Å²) in [5.41, 5.74) is 3.93. The maximum absolute atomic E-state index is 6.19. The number of fused-ring (bicyclic) bond motifs is 1. The molecule has 0 bridgehead atoms. The van der Waals surface area contributed by atoms with Gasteiger partial charge < -0.3 is 9.47 Å². The molecule has 4 rings (SSSR count). The van der Waals surface area contributed by atoms with Crippen molar-refractivity contribution in [2.45, 2.75) is 44.9 Å². The van der Waals surface area contributed by atoms with Crippen molar-refractivity contribution in [3.8, 4) is 5.75 Å². The number of nitrogens with zero attached hydrogens (tertiary/aromatic N) is 1. The molecular formula is C22H26BrNO2. The van der Waals surface area contributed by atoms with Crippen LogP contribution in [0.25, 0.3) is 0 Å². The molecule has 138 valence electrons. The van der Waals surface area contributed by atoms with E-state index in [0.29, 0.717) is 6.10 Å². The van der Waals surface area contributed by atoms with Crippen molar-refractivity contribution in [2.75, 3.05) is 19.7 Å². The van der Waals surface area contributed by atoms with Crippen molar-refractivity contribution >= 4 is 15.9 Å². The van der Waals surface area contributed by atoms with Crippen LogP contribution in [0.3, 0.4) is 0 Å². The molecule has 2 aliphatic heterocycles. The van der Waals surface area contributed by atoms with Crippen LogP contribution < -0.4 is 4.74 Å².